The van der Waals surface area contributed by atoms with Crippen molar-refractivity contribution in [3.8, 4) is 0 Å². The molecule has 134 valence electrons. The summed E-state index contributed by atoms with van der Waals surface area (Å²) < 4.78 is 11.0. The number of rotatable bonds is 7. The van der Waals surface area contributed by atoms with Crippen LogP contribution < -0.4 is 0 Å². The number of carbonyl (C=O) groups is 1. The van der Waals surface area contributed by atoms with E-state index in [0.29, 0.717) is 5.56 Å². The van der Waals surface area contributed by atoms with Crippen molar-refractivity contribution in [3.05, 3.63) is 58.1 Å². The molecule has 0 heterocycles. The molecule has 7 nitrogen and oxygen atoms in total. The lowest BCUT2D eigenvalue weighted by atomic mass is 9.90. The van der Waals surface area contributed by atoms with Crippen molar-refractivity contribution in [2.45, 2.75) is 32.0 Å². The third-order valence-electron chi connectivity index (χ3n) is 3.99. The minimum atomic E-state index is -1.37. The largest absolute Gasteiger partial charge is 0.455 e. The van der Waals surface area contributed by atoms with Crippen molar-refractivity contribution in [1.29, 1.82) is 0 Å². The monoisotopic (exact) mass is 347 g/mol. The van der Waals surface area contributed by atoms with Gasteiger partial charge in [0.2, 0.25) is 0 Å². The summed E-state index contributed by atoms with van der Waals surface area (Å²) in [6.07, 6.45) is 0. The Morgan fingerprint density at radius 3 is 2.40 bits per heavy atom. The summed E-state index contributed by atoms with van der Waals surface area (Å²) in [4.78, 5) is 27.5. The summed E-state index contributed by atoms with van der Waals surface area (Å²) in [6, 6.07) is 13.2. The highest BCUT2D eigenvalue weighted by Gasteiger charge is 2.41. The van der Waals surface area contributed by atoms with Gasteiger partial charge in [-0.3, -0.25) is 0 Å². The second-order valence-electron chi connectivity index (χ2n) is 6.41. The van der Waals surface area contributed by atoms with Gasteiger partial charge < -0.3 is 14.3 Å². The maximum Gasteiger partial charge on any atom is 0.343 e. The van der Waals surface area contributed by atoms with Gasteiger partial charge in [0, 0.05) is 12.7 Å². The van der Waals surface area contributed by atoms with E-state index in [0.717, 1.165) is 10.8 Å². The van der Waals surface area contributed by atoms with E-state index in [-0.39, 0.29) is 6.61 Å². The van der Waals surface area contributed by atoms with Gasteiger partial charge in [-0.2, -0.15) is 0 Å². The van der Waals surface area contributed by atoms with E-state index in [4.69, 9.17) is 9.47 Å². The molecule has 0 aliphatic heterocycles. The summed E-state index contributed by atoms with van der Waals surface area (Å²) in [5.74, 6) is -0.650. The smallest absolute Gasteiger partial charge is 0.343 e. The van der Waals surface area contributed by atoms with Gasteiger partial charge in [0.1, 0.15) is 12.2 Å². The van der Waals surface area contributed by atoms with Crippen LogP contribution in [-0.2, 0) is 24.7 Å². The van der Waals surface area contributed by atoms with Crippen LogP contribution in [0.3, 0.4) is 0 Å². The summed E-state index contributed by atoms with van der Waals surface area (Å²) in [7, 11) is 1.42. The predicted octanol–water partition coefficient (Wildman–Crippen LogP) is 3.23. The average molecular weight is 347 g/mol. The quantitative estimate of drug-likeness (QED) is 0.434. The van der Waals surface area contributed by atoms with E-state index in [2.05, 4.69) is 4.84 Å². The van der Waals surface area contributed by atoms with Crippen molar-refractivity contribution in [3.63, 3.8) is 0 Å². The number of ether oxygens (including phenoxy) is 2. The van der Waals surface area contributed by atoms with Gasteiger partial charge in [0.25, 0.3) is 5.09 Å². The second-order valence-corrected chi connectivity index (χ2v) is 6.41. The van der Waals surface area contributed by atoms with Crippen molar-refractivity contribution < 1.29 is 24.2 Å². The van der Waals surface area contributed by atoms with E-state index in [9.17, 15) is 14.9 Å². The number of carbonyl (C=O) groups excluding carboxylic acids is 1. The molecule has 0 aliphatic rings. The zero-order chi connectivity index (χ0) is 18.7. The SMILES string of the molecule is CO[C@](C)(C(=O)OC(C)(C)CO[N+](=O)[O-])c1cccc2ccccc12. The van der Waals surface area contributed by atoms with E-state index < -0.39 is 22.3 Å². The molecule has 2 aromatic rings. The molecular formula is C18H21NO6. The molecular weight excluding hydrogens is 326 g/mol. The van der Waals surface area contributed by atoms with Crippen LogP contribution in [0.2, 0.25) is 0 Å². The molecule has 0 radical (unpaired) electrons. The number of esters is 1. The summed E-state index contributed by atoms with van der Waals surface area (Å²) in [6.45, 7) is 4.31. The van der Waals surface area contributed by atoms with Crippen LogP contribution in [0.4, 0.5) is 0 Å². The molecule has 2 rings (SSSR count). The van der Waals surface area contributed by atoms with Crippen LogP contribution in [0, 0.1) is 10.1 Å². The number of methoxy groups -OCH3 is 1. The topological polar surface area (TPSA) is 87.9 Å². The Morgan fingerprint density at radius 1 is 1.12 bits per heavy atom. The molecule has 0 N–H and O–H groups in total. The number of nitrogens with zero attached hydrogens (tertiary/aromatic N) is 1. The first-order valence-electron chi connectivity index (χ1n) is 7.74. The average Bonchev–Trinajstić information content (AvgIpc) is 2.58. The van der Waals surface area contributed by atoms with Gasteiger partial charge in [-0.15, -0.1) is 10.1 Å². The number of hydrogen-bond donors (Lipinski definition) is 0. The van der Waals surface area contributed by atoms with Crippen LogP contribution in [0.1, 0.15) is 26.3 Å². The van der Waals surface area contributed by atoms with Crippen LogP contribution in [0.5, 0.6) is 0 Å². The zero-order valence-corrected chi connectivity index (χ0v) is 14.6. The number of fused-ring (bicyclic) bond motifs is 1. The fraction of sp³-hybridized carbons (Fsp3) is 0.389. The van der Waals surface area contributed by atoms with Crippen molar-refractivity contribution in [2.24, 2.45) is 0 Å². The highest BCUT2D eigenvalue weighted by atomic mass is 17.0. The molecule has 1 atom stereocenters. The Hall–Kier alpha value is -2.67. The maximum absolute atomic E-state index is 12.8. The highest BCUT2D eigenvalue weighted by Crippen LogP contribution is 2.33. The van der Waals surface area contributed by atoms with Gasteiger partial charge in [-0.05, 0) is 31.5 Å². The van der Waals surface area contributed by atoms with Crippen molar-refractivity contribution in [1.82, 2.24) is 0 Å². The fourth-order valence-electron chi connectivity index (χ4n) is 2.53. The molecule has 0 unspecified atom stereocenters. The Labute approximate surface area is 145 Å². The molecule has 0 spiro atoms. The van der Waals surface area contributed by atoms with Crippen molar-refractivity contribution >= 4 is 16.7 Å². The zero-order valence-electron chi connectivity index (χ0n) is 14.6. The Morgan fingerprint density at radius 2 is 1.76 bits per heavy atom. The van der Waals surface area contributed by atoms with Crippen LogP contribution in [-0.4, -0.2) is 30.4 Å². The first-order valence-corrected chi connectivity index (χ1v) is 7.74. The Bertz CT molecular complexity index is 783. The van der Waals surface area contributed by atoms with Gasteiger partial charge in [0.05, 0.1) is 0 Å². The van der Waals surface area contributed by atoms with Crippen LogP contribution in [0.25, 0.3) is 10.8 Å². The standard InChI is InChI=1S/C18H21NO6/c1-17(2,12-24-19(21)22)25-16(20)18(3,23-4)15-11-7-9-13-8-5-6-10-14(13)15/h5-11H,12H2,1-4H3/t18-/m0/s1. The molecule has 0 amide bonds. The van der Waals surface area contributed by atoms with Crippen LogP contribution in [0.15, 0.2) is 42.5 Å². The molecule has 0 saturated heterocycles. The second kappa shape index (κ2) is 7.06. The van der Waals surface area contributed by atoms with Crippen LogP contribution >= 0.6 is 0 Å². The molecule has 7 heteroatoms. The lowest BCUT2D eigenvalue weighted by Gasteiger charge is -2.32. The first kappa shape index (κ1) is 18.7. The maximum atomic E-state index is 12.8. The van der Waals surface area contributed by atoms with Gasteiger partial charge in [-0.25, -0.2) is 4.79 Å². The third kappa shape index (κ3) is 4.06. The predicted molar refractivity (Wildman–Crippen MR) is 91.4 cm³/mol. The summed E-state index contributed by atoms with van der Waals surface area (Å²) in [5, 5.41) is 11.3. The van der Waals surface area contributed by atoms with E-state index in [1.54, 1.807) is 13.0 Å². The Kier molecular flexibility index (Phi) is 5.27. The molecule has 25 heavy (non-hydrogen) atoms. The van der Waals surface area contributed by atoms with Gasteiger partial charge in [0.15, 0.2) is 5.60 Å². The fourth-order valence-corrected chi connectivity index (χ4v) is 2.53. The molecule has 2 aromatic carbocycles. The Balaban J connectivity index is 2.35. The first-order chi connectivity index (χ1) is 11.7. The molecule has 0 fully saturated rings. The molecule has 0 bridgehead atoms. The highest BCUT2D eigenvalue weighted by molar-refractivity contribution is 5.92. The lowest BCUT2D eigenvalue weighted by Crippen LogP contribution is -2.43. The number of hydrogen-bond acceptors (Lipinski definition) is 6. The summed E-state index contributed by atoms with van der Waals surface area (Å²) in [5.41, 5.74) is -1.90. The lowest BCUT2D eigenvalue weighted by molar-refractivity contribution is -0.760. The van der Waals surface area contributed by atoms with Gasteiger partial charge in [-0.1, -0.05) is 42.5 Å². The van der Waals surface area contributed by atoms with E-state index in [1.807, 2.05) is 36.4 Å². The van der Waals surface area contributed by atoms with Crippen molar-refractivity contribution in [2.75, 3.05) is 13.7 Å². The number of benzene rings is 2. The minimum Gasteiger partial charge on any atom is -0.455 e. The summed E-state index contributed by atoms with van der Waals surface area (Å²) >= 11 is 0. The normalized spacial score (nSPS) is 13.9. The molecule has 0 aliphatic carbocycles. The van der Waals surface area contributed by atoms with E-state index >= 15 is 0 Å². The van der Waals surface area contributed by atoms with E-state index in [1.165, 1.54) is 21.0 Å². The molecule has 0 saturated carbocycles. The molecule has 0 aromatic heterocycles. The third-order valence-corrected chi connectivity index (χ3v) is 3.99. The van der Waals surface area contributed by atoms with Gasteiger partial charge >= 0.3 is 5.97 Å². The minimum absolute atomic E-state index is 0.374.